The maximum Gasteiger partial charge on any atom is 0.306 e. The van der Waals surface area contributed by atoms with Crippen LogP contribution in [-0.2, 0) is 4.79 Å². The highest BCUT2D eigenvalue weighted by Gasteiger charge is 2.30. The highest BCUT2D eigenvalue weighted by Crippen LogP contribution is 2.26. The molecule has 104 valence electrons. The lowest BCUT2D eigenvalue weighted by molar-refractivity contribution is -0.141. The van der Waals surface area contributed by atoms with Crippen molar-refractivity contribution in [3.63, 3.8) is 0 Å². The standard InChI is InChI=1S/C15H16N2O3/c18-14(17-12-3-1-11(8-12)15(19)20)10-2-4-13-9(7-10)5-6-16-13/h2,4-7,11-12,16H,1,3,8H2,(H,17,18)(H,19,20). The number of rotatable bonds is 3. The van der Waals surface area contributed by atoms with Gasteiger partial charge in [0, 0.05) is 28.7 Å². The van der Waals surface area contributed by atoms with Gasteiger partial charge in [-0.3, -0.25) is 9.59 Å². The molecule has 0 aliphatic heterocycles. The van der Waals surface area contributed by atoms with Crippen molar-refractivity contribution in [1.29, 1.82) is 0 Å². The van der Waals surface area contributed by atoms with Gasteiger partial charge in [-0.2, -0.15) is 0 Å². The summed E-state index contributed by atoms with van der Waals surface area (Å²) in [7, 11) is 0. The molecule has 1 aliphatic rings. The van der Waals surface area contributed by atoms with Gasteiger partial charge in [-0.05, 0) is 43.5 Å². The normalized spacial score (nSPS) is 22.0. The summed E-state index contributed by atoms with van der Waals surface area (Å²) >= 11 is 0. The van der Waals surface area contributed by atoms with E-state index in [0.717, 1.165) is 17.3 Å². The third kappa shape index (κ3) is 2.39. The average Bonchev–Trinajstić information content (AvgIpc) is 3.05. The van der Waals surface area contributed by atoms with Gasteiger partial charge in [0.15, 0.2) is 0 Å². The molecule has 2 atom stereocenters. The van der Waals surface area contributed by atoms with Gasteiger partial charge in [0.2, 0.25) is 0 Å². The Labute approximate surface area is 116 Å². The lowest BCUT2D eigenvalue weighted by Gasteiger charge is -2.12. The number of H-pyrrole nitrogens is 1. The van der Waals surface area contributed by atoms with Gasteiger partial charge in [-0.25, -0.2) is 0 Å². The first-order valence-corrected chi connectivity index (χ1v) is 6.74. The average molecular weight is 272 g/mol. The summed E-state index contributed by atoms with van der Waals surface area (Å²) in [5.74, 6) is -1.23. The Hall–Kier alpha value is -2.30. The number of aliphatic carboxylic acids is 1. The molecule has 1 aliphatic carbocycles. The number of amides is 1. The molecule has 0 bridgehead atoms. The van der Waals surface area contributed by atoms with Crippen molar-refractivity contribution in [2.45, 2.75) is 25.3 Å². The molecule has 2 unspecified atom stereocenters. The van der Waals surface area contributed by atoms with Crippen LogP contribution in [-0.4, -0.2) is 28.0 Å². The molecule has 2 aromatic rings. The van der Waals surface area contributed by atoms with Crippen LogP contribution in [0.5, 0.6) is 0 Å². The topological polar surface area (TPSA) is 82.2 Å². The second-order valence-electron chi connectivity index (χ2n) is 5.30. The fraction of sp³-hybridized carbons (Fsp3) is 0.333. The fourth-order valence-electron chi connectivity index (χ4n) is 2.80. The number of hydrogen-bond donors (Lipinski definition) is 3. The van der Waals surface area contributed by atoms with E-state index < -0.39 is 5.97 Å². The van der Waals surface area contributed by atoms with Crippen LogP contribution in [0, 0.1) is 5.92 Å². The van der Waals surface area contributed by atoms with Gasteiger partial charge < -0.3 is 15.4 Å². The molecule has 0 radical (unpaired) electrons. The molecule has 3 rings (SSSR count). The number of carbonyl (C=O) groups excluding carboxylic acids is 1. The van der Waals surface area contributed by atoms with Gasteiger partial charge in [-0.1, -0.05) is 0 Å². The third-order valence-electron chi connectivity index (χ3n) is 3.93. The summed E-state index contributed by atoms with van der Waals surface area (Å²) < 4.78 is 0. The maximum atomic E-state index is 12.2. The molecule has 1 aromatic heterocycles. The van der Waals surface area contributed by atoms with Crippen molar-refractivity contribution in [3.05, 3.63) is 36.0 Å². The van der Waals surface area contributed by atoms with Crippen LogP contribution < -0.4 is 5.32 Å². The van der Waals surface area contributed by atoms with Gasteiger partial charge in [0.05, 0.1) is 5.92 Å². The monoisotopic (exact) mass is 272 g/mol. The molecule has 1 aromatic carbocycles. The second kappa shape index (κ2) is 5.00. The molecule has 0 saturated heterocycles. The number of aromatic nitrogens is 1. The van der Waals surface area contributed by atoms with Crippen LogP contribution in [0.4, 0.5) is 0 Å². The van der Waals surface area contributed by atoms with Crippen molar-refractivity contribution < 1.29 is 14.7 Å². The first-order chi connectivity index (χ1) is 9.63. The van der Waals surface area contributed by atoms with Crippen LogP contribution in [0.25, 0.3) is 10.9 Å². The summed E-state index contributed by atoms with van der Waals surface area (Å²) in [5, 5.41) is 12.9. The predicted molar refractivity (Wildman–Crippen MR) is 74.5 cm³/mol. The SMILES string of the molecule is O=C(NC1CCC(C(=O)O)C1)c1ccc2[nH]ccc2c1. The third-order valence-corrected chi connectivity index (χ3v) is 3.93. The van der Waals surface area contributed by atoms with Crippen molar-refractivity contribution in [2.24, 2.45) is 5.92 Å². The van der Waals surface area contributed by atoms with Crippen LogP contribution >= 0.6 is 0 Å². The summed E-state index contributed by atoms with van der Waals surface area (Å²) in [6.07, 6.45) is 3.72. The lowest BCUT2D eigenvalue weighted by atomic mass is 10.1. The molecule has 1 fully saturated rings. The van der Waals surface area contributed by atoms with E-state index in [-0.39, 0.29) is 17.9 Å². The van der Waals surface area contributed by atoms with Gasteiger partial charge in [-0.15, -0.1) is 0 Å². The number of hydrogen-bond acceptors (Lipinski definition) is 2. The number of benzene rings is 1. The predicted octanol–water partition coefficient (Wildman–Crippen LogP) is 2.15. The molecule has 1 heterocycles. The minimum atomic E-state index is -0.768. The number of carboxylic acids is 1. The number of carbonyl (C=O) groups is 2. The smallest absolute Gasteiger partial charge is 0.306 e. The second-order valence-corrected chi connectivity index (χ2v) is 5.30. The van der Waals surface area contributed by atoms with E-state index in [0.29, 0.717) is 18.4 Å². The maximum absolute atomic E-state index is 12.2. The van der Waals surface area contributed by atoms with Crippen molar-refractivity contribution in [1.82, 2.24) is 10.3 Å². The molecule has 1 amide bonds. The Morgan fingerprint density at radius 3 is 2.85 bits per heavy atom. The molecule has 5 heteroatoms. The highest BCUT2D eigenvalue weighted by molar-refractivity contribution is 5.98. The van der Waals surface area contributed by atoms with E-state index in [1.807, 2.05) is 24.4 Å². The molecular formula is C15H16N2O3. The first kappa shape index (κ1) is 12.7. The van der Waals surface area contributed by atoms with Gasteiger partial charge >= 0.3 is 5.97 Å². The molecule has 3 N–H and O–H groups in total. The summed E-state index contributed by atoms with van der Waals surface area (Å²) in [4.78, 5) is 26.2. The minimum absolute atomic E-state index is 0.0366. The van der Waals surface area contributed by atoms with Gasteiger partial charge in [0.25, 0.3) is 5.91 Å². The molecule has 1 saturated carbocycles. The largest absolute Gasteiger partial charge is 0.481 e. The molecular weight excluding hydrogens is 256 g/mol. The van der Waals surface area contributed by atoms with Crippen molar-refractivity contribution >= 4 is 22.8 Å². The Balaban J connectivity index is 1.68. The lowest BCUT2D eigenvalue weighted by Crippen LogP contribution is -2.33. The van der Waals surface area contributed by atoms with E-state index in [1.54, 1.807) is 6.07 Å². The fourth-order valence-corrected chi connectivity index (χ4v) is 2.80. The summed E-state index contributed by atoms with van der Waals surface area (Å²) in [6.45, 7) is 0. The van der Waals surface area contributed by atoms with E-state index in [9.17, 15) is 9.59 Å². The quantitative estimate of drug-likeness (QED) is 0.800. The van der Waals surface area contributed by atoms with Crippen LogP contribution in [0.3, 0.4) is 0 Å². The summed E-state index contributed by atoms with van der Waals surface area (Å²) in [6, 6.07) is 7.37. The Kier molecular flexibility index (Phi) is 3.18. The highest BCUT2D eigenvalue weighted by atomic mass is 16.4. The van der Waals surface area contributed by atoms with Gasteiger partial charge in [0.1, 0.15) is 0 Å². The van der Waals surface area contributed by atoms with E-state index >= 15 is 0 Å². The minimum Gasteiger partial charge on any atom is -0.481 e. The van der Waals surface area contributed by atoms with E-state index in [2.05, 4.69) is 10.3 Å². The molecule has 5 nitrogen and oxygen atoms in total. The van der Waals surface area contributed by atoms with E-state index in [1.165, 1.54) is 0 Å². The Morgan fingerprint density at radius 2 is 2.10 bits per heavy atom. The zero-order valence-electron chi connectivity index (χ0n) is 10.9. The van der Waals surface area contributed by atoms with E-state index in [4.69, 9.17) is 5.11 Å². The van der Waals surface area contributed by atoms with Crippen molar-refractivity contribution in [3.8, 4) is 0 Å². The van der Waals surface area contributed by atoms with Crippen molar-refractivity contribution in [2.75, 3.05) is 0 Å². The molecule has 20 heavy (non-hydrogen) atoms. The molecule has 0 spiro atoms. The number of aromatic amines is 1. The van der Waals surface area contributed by atoms with Crippen LogP contribution in [0.15, 0.2) is 30.5 Å². The number of carboxylic acid groups (broad SMARTS) is 1. The summed E-state index contributed by atoms with van der Waals surface area (Å²) in [5.41, 5.74) is 1.60. The van der Waals surface area contributed by atoms with Crippen LogP contribution in [0.1, 0.15) is 29.6 Å². The van der Waals surface area contributed by atoms with Crippen LogP contribution in [0.2, 0.25) is 0 Å². The zero-order chi connectivity index (χ0) is 14.1. The first-order valence-electron chi connectivity index (χ1n) is 6.74. The zero-order valence-corrected chi connectivity index (χ0v) is 10.9. The Morgan fingerprint density at radius 1 is 1.25 bits per heavy atom. The Bertz CT molecular complexity index is 662. The number of nitrogens with one attached hydrogen (secondary N) is 2. The number of fused-ring (bicyclic) bond motifs is 1.